The van der Waals surface area contributed by atoms with Crippen molar-refractivity contribution < 1.29 is 42.3 Å². The number of benzene rings is 5. The van der Waals surface area contributed by atoms with Crippen LogP contribution in [-0.2, 0) is 33.2 Å². The Hall–Kier alpha value is -7.70. The van der Waals surface area contributed by atoms with Gasteiger partial charge in [0.25, 0.3) is 5.91 Å². The van der Waals surface area contributed by atoms with E-state index in [0.717, 1.165) is 29.5 Å². The molecule has 2 aliphatic rings. The van der Waals surface area contributed by atoms with Crippen molar-refractivity contribution in [1.29, 1.82) is 5.26 Å². The van der Waals surface area contributed by atoms with Crippen LogP contribution in [0.25, 0.3) is 33.3 Å². The maximum absolute atomic E-state index is 16.4. The predicted molar refractivity (Wildman–Crippen MR) is 255 cm³/mol. The highest BCUT2D eigenvalue weighted by atomic mass is 35.5. The molecule has 1 saturated carbocycles. The maximum Gasteiger partial charge on any atom is 0.255 e. The van der Waals surface area contributed by atoms with E-state index in [0.29, 0.717) is 79.2 Å². The predicted octanol–water partition coefficient (Wildman–Crippen LogP) is 9.92. The van der Waals surface area contributed by atoms with Crippen LogP contribution in [0.3, 0.4) is 0 Å². The van der Waals surface area contributed by atoms with Crippen LogP contribution in [0.15, 0.2) is 85.1 Å². The third-order valence-electron chi connectivity index (χ3n) is 12.4. The maximum atomic E-state index is 16.4. The summed E-state index contributed by atoms with van der Waals surface area (Å²) in [6.07, 6.45) is 3.20. The molecule has 0 atom stereocenters. The Labute approximate surface area is 397 Å². The van der Waals surface area contributed by atoms with Crippen LogP contribution in [0.2, 0.25) is 5.02 Å². The number of amides is 1. The third kappa shape index (κ3) is 8.47. The summed E-state index contributed by atoms with van der Waals surface area (Å²) < 4.78 is 58.1. The van der Waals surface area contributed by atoms with Crippen molar-refractivity contribution in [2.45, 2.75) is 45.1 Å². The number of carbonyl (C=O) groups is 1. The van der Waals surface area contributed by atoms with Crippen molar-refractivity contribution >= 4 is 34.2 Å². The summed E-state index contributed by atoms with van der Waals surface area (Å²) in [7, 11) is 11.3. The quantitative estimate of drug-likeness (QED) is 0.0858. The standard InChI is InChI=1S/C52H48ClFN6O8/c1-58-50(48-38(23-55)46(68-33-15-16-33)22-41(53)49(48)54)39(24-56-58)29-11-17-37-42(18-29)57-51(40-28-60(52(61)47(37)40)27-32-10-14-36(64-4)21-45(32)67-7)59(25-30-8-12-34(62-2)19-43(30)65-5)26-31-9-13-35(63-3)20-44(31)66-6/h8-14,17-22,24,33H,15-16,25-28H2,1-7H3. The summed E-state index contributed by atoms with van der Waals surface area (Å²) in [5.41, 5.74) is 5.56. The Balaban J connectivity index is 1.24. The van der Waals surface area contributed by atoms with Gasteiger partial charge in [-0.05, 0) is 60.9 Å². The summed E-state index contributed by atoms with van der Waals surface area (Å²) in [6.45, 7) is 1.03. The number of rotatable bonds is 17. The number of carbonyl (C=O) groups excluding carboxylic acids is 1. The second-order valence-corrected chi connectivity index (χ2v) is 16.9. The Kier molecular flexibility index (Phi) is 12.6. The highest BCUT2D eigenvalue weighted by Crippen LogP contribution is 2.45. The van der Waals surface area contributed by atoms with Gasteiger partial charge in [0.1, 0.15) is 57.7 Å². The van der Waals surface area contributed by atoms with Gasteiger partial charge in [-0.15, -0.1) is 0 Å². The van der Waals surface area contributed by atoms with Gasteiger partial charge in [0, 0.05) is 84.2 Å². The number of nitrogens with zero attached hydrogens (tertiary/aromatic N) is 6. The molecule has 0 radical (unpaired) electrons. The molecule has 0 N–H and O–H groups in total. The van der Waals surface area contributed by atoms with Gasteiger partial charge in [-0.1, -0.05) is 23.7 Å². The van der Waals surface area contributed by atoms with Crippen molar-refractivity contribution in [1.82, 2.24) is 19.7 Å². The molecule has 0 bridgehead atoms. The lowest BCUT2D eigenvalue weighted by atomic mass is 9.95. The molecule has 1 aliphatic carbocycles. The average molecular weight is 939 g/mol. The van der Waals surface area contributed by atoms with Crippen molar-refractivity contribution in [3.63, 3.8) is 0 Å². The molecule has 348 valence electrons. The first-order valence-corrected chi connectivity index (χ1v) is 22.1. The number of fused-ring (bicyclic) bond motifs is 3. The fraction of sp³-hybridized carbons (Fsp3) is 0.269. The number of nitriles is 1. The van der Waals surface area contributed by atoms with E-state index in [2.05, 4.69) is 16.1 Å². The van der Waals surface area contributed by atoms with Crippen LogP contribution in [0.1, 0.15) is 51.0 Å². The van der Waals surface area contributed by atoms with Gasteiger partial charge in [0.2, 0.25) is 0 Å². The number of ether oxygens (including phenoxy) is 7. The van der Waals surface area contributed by atoms with Crippen LogP contribution >= 0.6 is 11.6 Å². The highest BCUT2D eigenvalue weighted by Gasteiger charge is 2.36. The largest absolute Gasteiger partial charge is 0.497 e. The minimum absolute atomic E-state index is 0.0143. The summed E-state index contributed by atoms with van der Waals surface area (Å²) in [4.78, 5) is 24.4. The average Bonchev–Trinajstić information content (AvgIpc) is 4.02. The van der Waals surface area contributed by atoms with Crippen LogP contribution in [0.5, 0.6) is 40.2 Å². The van der Waals surface area contributed by atoms with E-state index in [1.807, 2.05) is 66.7 Å². The van der Waals surface area contributed by atoms with E-state index in [1.54, 1.807) is 66.9 Å². The first-order chi connectivity index (χ1) is 33.0. The molecule has 2 aromatic heterocycles. The molecule has 1 amide bonds. The Morgan fingerprint density at radius 3 is 1.91 bits per heavy atom. The van der Waals surface area contributed by atoms with Crippen LogP contribution in [0.4, 0.5) is 10.2 Å². The molecule has 14 nitrogen and oxygen atoms in total. The summed E-state index contributed by atoms with van der Waals surface area (Å²) in [6, 6.07) is 25.9. The van der Waals surface area contributed by atoms with Crippen LogP contribution < -0.4 is 38.1 Å². The molecule has 0 unspecified atom stereocenters. The number of aryl methyl sites for hydroxylation is 1. The number of halogens is 2. The van der Waals surface area contributed by atoms with E-state index in [1.165, 1.54) is 10.7 Å². The topological polar surface area (TPSA) is 143 Å². The van der Waals surface area contributed by atoms with Crippen molar-refractivity contribution in [2.24, 2.45) is 7.05 Å². The fourth-order valence-corrected chi connectivity index (χ4v) is 8.97. The van der Waals surface area contributed by atoms with Crippen LogP contribution in [0, 0.1) is 17.1 Å². The summed E-state index contributed by atoms with van der Waals surface area (Å²) >= 11 is 6.50. The smallest absolute Gasteiger partial charge is 0.255 e. The Morgan fingerprint density at radius 1 is 0.765 bits per heavy atom. The van der Waals surface area contributed by atoms with Gasteiger partial charge in [0.05, 0.1) is 88.9 Å². The van der Waals surface area contributed by atoms with E-state index >= 15 is 9.18 Å². The molecule has 9 rings (SSSR count). The number of anilines is 1. The van der Waals surface area contributed by atoms with E-state index in [9.17, 15) is 5.26 Å². The Bertz CT molecular complexity index is 3090. The molecule has 68 heavy (non-hydrogen) atoms. The van der Waals surface area contributed by atoms with Gasteiger partial charge in [-0.25, -0.2) is 9.37 Å². The van der Waals surface area contributed by atoms with Crippen LogP contribution in [-0.4, -0.2) is 74.3 Å². The minimum Gasteiger partial charge on any atom is -0.497 e. The lowest BCUT2D eigenvalue weighted by Crippen LogP contribution is -2.26. The summed E-state index contributed by atoms with van der Waals surface area (Å²) in [5, 5.41) is 15.5. The molecular weight excluding hydrogens is 891 g/mol. The lowest BCUT2D eigenvalue weighted by molar-refractivity contribution is 0.0767. The fourth-order valence-electron chi connectivity index (χ4n) is 8.77. The van der Waals surface area contributed by atoms with Gasteiger partial charge >= 0.3 is 0 Å². The second-order valence-electron chi connectivity index (χ2n) is 16.5. The van der Waals surface area contributed by atoms with Gasteiger partial charge in [0.15, 0.2) is 5.82 Å². The van der Waals surface area contributed by atoms with Crippen molar-refractivity contribution in [2.75, 3.05) is 47.6 Å². The van der Waals surface area contributed by atoms with Gasteiger partial charge in [-0.3, -0.25) is 9.48 Å². The number of aromatic nitrogens is 3. The number of hydrogen-bond acceptors (Lipinski definition) is 12. The molecule has 0 saturated heterocycles. The van der Waals surface area contributed by atoms with E-state index in [-0.39, 0.29) is 60.1 Å². The first kappa shape index (κ1) is 45.5. The zero-order valence-corrected chi connectivity index (χ0v) is 39.4. The van der Waals surface area contributed by atoms with E-state index in [4.69, 9.17) is 49.7 Å². The zero-order chi connectivity index (χ0) is 47.8. The molecule has 1 fully saturated rings. The minimum atomic E-state index is -0.770. The van der Waals surface area contributed by atoms with Gasteiger partial charge < -0.3 is 43.0 Å². The third-order valence-corrected chi connectivity index (χ3v) is 12.7. The molecule has 1 aliphatic heterocycles. The van der Waals surface area contributed by atoms with Crippen molar-refractivity contribution in [3.8, 4) is 68.7 Å². The molecule has 5 aromatic carbocycles. The van der Waals surface area contributed by atoms with Crippen molar-refractivity contribution in [3.05, 3.63) is 129 Å². The monoisotopic (exact) mass is 938 g/mol. The zero-order valence-electron chi connectivity index (χ0n) is 38.6. The highest BCUT2D eigenvalue weighted by molar-refractivity contribution is 6.31. The Morgan fingerprint density at radius 2 is 1.35 bits per heavy atom. The molecule has 16 heteroatoms. The molecular formula is C52H48ClFN6O8. The first-order valence-electron chi connectivity index (χ1n) is 21.8. The number of hydrogen-bond donors (Lipinski definition) is 0. The number of pyridine rings is 1. The number of methoxy groups -OCH3 is 6. The SMILES string of the molecule is COc1ccc(CN2Cc3c(N(Cc4ccc(OC)cc4OC)Cc4ccc(OC)cc4OC)nc4cc(-c5cnn(C)c5-c5c(F)c(Cl)cc(OC6CC6)c5C#N)ccc4c3C2=O)c(OC)c1. The summed E-state index contributed by atoms with van der Waals surface area (Å²) in [5.74, 6) is 3.43. The second kappa shape index (κ2) is 18.9. The lowest BCUT2D eigenvalue weighted by Gasteiger charge is -2.28. The molecule has 3 heterocycles. The molecule has 7 aromatic rings. The normalized spacial score (nSPS) is 13.0. The van der Waals surface area contributed by atoms with E-state index < -0.39 is 5.82 Å². The molecule has 0 spiro atoms. The van der Waals surface area contributed by atoms with Gasteiger partial charge in [-0.2, -0.15) is 10.4 Å².